The van der Waals surface area contributed by atoms with Crippen molar-refractivity contribution in [2.24, 2.45) is 5.10 Å². The van der Waals surface area contributed by atoms with Crippen LogP contribution in [0.2, 0.25) is 0 Å². The number of carbonyl (C=O) groups is 1. The minimum absolute atomic E-state index is 0.0312. The molecule has 1 N–H and O–H groups in total. The Morgan fingerprint density at radius 3 is 2.25 bits per heavy atom. The van der Waals surface area contributed by atoms with E-state index < -0.39 is 22.5 Å². The average molecular weight is 512 g/mol. The van der Waals surface area contributed by atoms with E-state index in [1.807, 2.05) is 13.8 Å². The van der Waals surface area contributed by atoms with E-state index in [2.05, 4.69) is 10.5 Å². The van der Waals surface area contributed by atoms with Crippen LogP contribution in [0.25, 0.3) is 0 Å². The smallest absolute Gasteiger partial charge is 0.264 e. The summed E-state index contributed by atoms with van der Waals surface area (Å²) in [5.41, 5.74) is 4.18. The van der Waals surface area contributed by atoms with Gasteiger partial charge >= 0.3 is 0 Å². The Labute approximate surface area is 211 Å². The van der Waals surface area contributed by atoms with Crippen molar-refractivity contribution in [1.29, 1.82) is 0 Å². The van der Waals surface area contributed by atoms with E-state index in [1.54, 1.807) is 48.5 Å². The molecule has 1 amide bonds. The zero-order chi connectivity index (χ0) is 26.1. The monoisotopic (exact) mass is 511 g/mol. The lowest BCUT2D eigenvalue weighted by Crippen LogP contribution is -2.39. The van der Waals surface area contributed by atoms with Crippen molar-refractivity contribution in [1.82, 2.24) is 5.43 Å². The van der Waals surface area contributed by atoms with Crippen molar-refractivity contribution in [3.05, 3.63) is 77.9 Å². The number of hydrogen-bond acceptors (Lipinski definition) is 7. The van der Waals surface area contributed by atoms with Crippen LogP contribution >= 0.6 is 0 Å². The summed E-state index contributed by atoms with van der Waals surface area (Å²) in [6, 6.07) is 18.2. The fraction of sp³-hybridized carbons (Fsp3) is 0.231. The second-order valence-electron chi connectivity index (χ2n) is 7.66. The molecule has 0 radical (unpaired) electrons. The van der Waals surface area contributed by atoms with Crippen LogP contribution < -0.4 is 23.9 Å². The van der Waals surface area contributed by atoms with Crippen LogP contribution in [0.1, 0.15) is 18.1 Å². The molecule has 0 unspecified atom stereocenters. The summed E-state index contributed by atoms with van der Waals surface area (Å²) < 4.78 is 44.3. The van der Waals surface area contributed by atoms with E-state index in [0.29, 0.717) is 12.4 Å². The average Bonchev–Trinajstić information content (AvgIpc) is 2.88. The van der Waals surface area contributed by atoms with Crippen LogP contribution in [0.3, 0.4) is 0 Å². The summed E-state index contributed by atoms with van der Waals surface area (Å²) in [7, 11) is -1.25. The first-order valence-electron chi connectivity index (χ1n) is 11.1. The Hall–Kier alpha value is -4.05. The van der Waals surface area contributed by atoms with Crippen molar-refractivity contribution < 1.29 is 27.4 Å². The molecule has 190 valence electrons. The lowest BCUT2D eigenvalue weighted by atomic mass is 10.2. The van der Waals surface area contributed by atoms with E-state index >= 15 is 0 Å². The summed E-state index contributed by atoms with van der Waals surface area (Å²) in [6.45, 7) is 3.77. The Kier molecular flexibility index (Phi) is 8.91. The molecule has 0 aliphatic carbocycles. The molecule has 0 fully saturated rings. The van der Waals surface area contributed by atoms with E-state index in [4.69, 9.17) is 14.2 Å². The van der Waals surface area contributed by atoms with Gasteiger partial charge in [0.2, 0.25) is 0 Å². The molecule has 9 nitrogen and oxygen atoms in total. The minimum Gasteiger partial charge on any atom is -0.497 e. The van der Waals surface area contributed by atoms with Crippen molar-refractivity contribution in [2.75, 3.05) is 31.7 Å². The molecule has 3 rings (SSSR count). The van der Waals surface area contributed by atoms with Gasteiger partial charge in [-0.15, -0.1) is 0 Å². The fourth-order valence-corrected chi connectivity index (χ4v) is 4.71. The molecule has 0 aliphatic heterocycles. The molecule has 0 saturated carbocycles. The number of aryl methyl sites for hydroxylation is 1. The Morgan fingerprint density at radius 1 is 0.972 bits per heavy atom. The van der Waals surface area contributed by atoms with Gasteiger partial charge in [0.1, 0.15) is 23.8 Å². The first-order chi connectivity index (χ1) is 17.3. The third-order valence-electron chi connectivity index (χ3n) is 5.14. The number of carbonyl (C=O) groups excluding carboxylic acids is 1. The standard InChI is InChI=1S/C26H29N3O6S/c1-5-35-21-10-8-20(9-11-21)17-27-28-26(30)18-29(24-16-22(33-3)12-15-25(24)34-4)36(31,32)23-13-6-19(2)7-14-23/h6-17H,5,18H2,1-4H3,(H,28,30)/b27-17-. The van der Waals surface area contributed by atoms with Gasteiger partial charge in [-0.2, -0.15) is 5.10 Å². The number of sulfonamides is 1. The van der Waals surface area contributed by atoms with Crippen LogP contribution in [0.15, 0.2) is 76.7 Å². The number of amides is 1. The van der Waals surface area contributed by atoms with E-state index in [1.165, 1.54) is 38.6 Å². The van der Waals surface area contributed by atoms with Gasteiger partial charge in [-0.05, 0) is 67.9 Å². The van der Waals surface area contributed by atoms with Crippen LogP contribution in [0, 0.1) is 6.92 Å². The topological polar surface area (TPSA) is 107 Å². The number of anilines is 1. The zero-order valence-electron chi connectivity index (χ0n) is 20.6. The first-order valence-corrected chi connectivity index (χ1v) is 12.6. The third kappa shape index (κ3) is 6.54. The number of methoxy groups -OCH3 is 2. The van der Waals surface area contributed by atoms with Gasteiger partial charge in [0.15, 0.2) is 0 Å². The summed E-state index contributed by atoms with van der Waals surface area (Å²) in [5.74, 6) is 0.752. The molecule has 0 heterocycles. The van der Waals surface area contributed by atoms with Crippen molar-refractivity contribution >= 4 is 27.8 Å². The van der Waals surface area contributed by atoms with Gasteiger partial charge in [-0.1, -0.05) is 17.7 Å². The van der Waals surface area contributed by atoms with E-state index in [0.717, 1.165) is 21.2 Å². The molecule has 10 heteroatoms. The maximum absolute atomic E-state index is 13.6. The second kappa shape index (κ2) is 12.1. The molecule has 0 atom stereocenters. The molecule has 0 aromatic heterocycles. The highest BCUT2D eigenvalue weighted by Gasteiger charge is 2.30. The minimum atomic E-state index is -4.14. The number of rotatable bonds is 11. The summed E-state index contributed by atoms with van der Waals surface area (Å²) >= 11 is 0. The number of hydrogen-bond donors (Lipinski definition) is 1. The van der Waals surface area contributed by atoms with Crippen molar-refractivity contribution in [3.8, 4) is 17.2 Å². The largest absolute Gasteiger partial charge is 0.497 e. The number of benzene rings is 3. The quantitative estimate of drug-likeness (QED) is 0.310. The van der Waals surface area contributed by atoms with Gasteiger partial charge in [-0.3, -0.25) is 9.10 Å². The maximum Gasteiger partial charge on any atom is 0.264 e. The normalized spacial score (nSPS) is 11.2. The van der Waals surface area contributed by atoms with E-state index in [-0.39, 0.29) is 16.3 Å². The Morgan fingerprint density at radius 2 is 1.64 bits per heavy atom. The van der Waals surface area contributed by atoms with Gasteiger partial charge in [-0.25, -0.2) is 13.8 Å². The summed E-state index contributed by atoms with van der Waals surface area (Å²) in [5, 5.41) is 3.96. The van der Waals surface area contributed by atoms with Gasteiger partial charge in [0.25, 0.3) is 15.9 Å². The number of nitrogens with one attached hydrogen (secondary N) is 1. The Balaban J connectivity index is 1.88. The number of ether oxygens (including phenoxy) is 3. The predicted molar refractivity (Wildman–Crippen MR) is 139 cm³/mol. The van der Waals surface area contributed by atoms with Gasteiger partial charge in [0.05, 0.1) is 37.6 Å². The summed E-state index contributed by atoms with van der Waals surface area (Å²) in [4.78, 5) is 12.9. The van der Waals surface area contributed by atoms with Gasteiger partial charge < -0.3 is 14.2 Å². The highest BCUT2D eigenvalue weighted by Crippen LogP contribution is 2.35. The second-order valence-corrected chi connectivity index (χ2v) is 9.52. The van der Waals surface area contributed by atoms with Crippen molar-refractivity contribution in [2.45, 2.75) is 18.7 Å². The van der Waals surface area contributed by atoms with Gasteiger partial charge in [0, 0.05) is 6.07 Å². The molecule has 36 heavy (non-hydrogen) atoms. The van der Waals surface area contributed by atoms with E-state index in [9.17, 15) is 13.2 Å². The maximum atomic E-state index is 13.6. The molecule has 3 aromatic rings. The number of hydrazone groups is 1. The van der Waals surface area contributed by atoms with Crippen LogP contribution in [-0.4, -0.2) is 47.9 Å². The zero-order valence-corrected chi connectivity index (χ0v) is 21.4. The SMILES string of the molecule is CCOc1ccc(/C=N\NC(=O)CN(c2cc(OC)ccc2OC)S(=O)(=O)c2ccc(C)cc2)cc1. The summed E-state index contributed by atoms with van der Waals surface area (Å²) in [6.07, 6.45) is 1.46. The van der Waals surface area contributed by atoms with Crippen LogP contribution in [0.5, 0.6) is 17.2 Å². The lowest BCUT2D eigenvalue weighted by molar-refractivity contribution is -0.119. The number of nitrogens with zero attached hydrogens (tertiary/aromatic N) is 2. The molecule has 3 aromatic carbocycles. The lowest BCUT2D eigenvalue weighted by Gasteiger charge is -2.25. The van der Waals surface area contributed by atoms with Crippen LogP contribution in [-0.2, 0) is 14.8 Å². The molecule has 0 bridgehead atoms. The molecule has 0 saturated heterocycles. The fourth-order valence-electron chi connectivity index (χ4n) is 3.29. The first kappa shape index (κ1) is 26.6. The molecular formula is C26H29N3O6S. The molecular weight excluding hydrogens is 482 g/mol. The van der Waals surface area contributed by atoms with Crippen LogP contribution in [0.4, 0.5) is 5.69 Å². The molecule has 0 spiro atoms. The molecule has 0 aliphatic rings. The highest BCUT2D eigenvalue weighted by atomic mass is 32.2. The van der Waals surface area contributed by atoms with Crippen molar-refractivity contribution in [3.63, 3.8) is 0 Å². The Bertz CT molecular complexity index is 1310. The predicted octanol–water partition coefficient (Wildman–Crippen LogP) is 3.76. The highest BCUT2D eigenvalue weighted by molar-refractivity contribution is 7.92. The third-order valence-corrected chi connectivity index (χ3v) is 6.92.